The van der Waals surface area contributed by atoms with Gasteiger partial charge in [-0.15, -0.1) is 0 Å². The first-order valence-corrected chi connectivity index (χ1v) is 8.74. The Balaban J connectivity index is 1.73. The molecule has 1 amide bonds. The Labute approximate surface area is 169 Å². The van der Waals surface area contributed by atoms with E-state index in [0.29, 0.717) is 27.7 Å². The van der Waals surface area contributed by atoms with Crippen molar-refractivity contribution in [3.8, 4) is 11.3 Å². The summed E-state index contributed by atoms with van der Waals surface area (Å²) in [4.78, 5) is 22.8. The third kappa shape index (κ3) is 4.39. The second-order valence-corrected chi connectivity index (χ2v) is 6.62. The smallest absolute Gasteiger partial charge is 0.280 e. The molecule has 7 nitrogen and oxygen atoms in total. The standard InChI is InChI=1S/C19H13Cl2N3O4/c1-11-2-5-14(17(8-11)24(26)27)18-7-4-13(28-18)10-22-23-19(25)12-3-6-15(20)16(21)9-12/h2-10H,1H3,(H,23,25)/b22-10-. The van der Waals surface area contributed by atoms with E-state index < -0.39 is 10.8 Å². The van der Waals surface area contributed by atoms with Gasteiger partial charge >= 0.3 is 0 Å². The zero-order valence-corrected chi connectivity index (χ0v) is 16.0. The monoisotopic (exact) mass is 417 g/mol. The molecule has 0 unspecified atom stereocenters. The highest BCUT2D eigenvalue weighted by molar-refractivity contribution is 6.42. The number of nitrogens with zero attached hydrogens (tertiary/aromatic N) is 2. The molecule has 3 rings (SSSR count). The summed E-state index contributed by atoms with van der Waals surface area (Å²) in [5.74, 6) is 0.166. The average molecular weight is 418 g/mol. The molecule has 0 aliphatic heterocycles. The molecular formula is C19H13Cl2N3O4. The number of furan rings is 1. The van der Waals surface area contributed by atoms with Crippen molar-refractivity contribution in [1.82, 2.24) is 5.43 Å². The van der Waals surface area contributed by atoms with Crippen LogP contribution in [-0.4, -0.2) is 17.0 Å². The van der Waals surface area contributed by atoms with Crippen LogP contribution < -0.4 is 5.43 Å². The van der Waals surface area contributed by atoms with Crippen molar-refractivity contribution in [3.63, 3.8) is 0 Å². The van der Waals surface area contributed by atoms with Crippen molar-refractivity contribution in [2.75, 3.05) is 0 Å². The van der Waals surface area contributed by atoms with Crippen LogP contribution in [0.4, 0.5) is 5.69 Å². The normalized spacial score (nSPS) is 11.0. The SMILES string of the molecule is Cc1ccc(-c2ccc(/C=N\NC(=O)c3ccc(Cl)c(Cl)c3)o2)c([N+](=O)[O-])c1. The number of nitro groups is 1. The third-order valence-electron chi connectivity index (χ3n) is 3.78. The number of hydrogen-bond donors (Lipinski definition) is 1. The van der Waals surface area contributed by atoms with Gasteiger partial charge in [-0.25, -0.2) is 5.43 Å². The van der Waals surface area contributed by atoms with Crippen molar-refractivity contribution in [2.24, 2.45) is 5.10 Å². The minimum atomic E-state index is -0.476. The molecule has 1 heterocycles. The van der Waals surface area contributed by atoms with Gasteiger partial charge in [-0.2, -0.15) is 5.10 Å². The minimum absolute atomic E-state index is 0.0502. The van der Waals surface area contributed by atoms with Crippen molar-refractivity contribution in [3.05, 3.63) is 85.6 Å². The van der Waals surface area contributed by atoms with E-state index in [0.717, 1.165) is 5.56 Å². The fraction of sp³-hybridized carbons (Fsp3) is 0.0526. The second-order valence-electron chi connectivity index (χ2n) is 5.81. The maximum atomic E-state index is 12.0. The van der Waals surface area contributed by atoms with Crippen LogP contribution in [0.2, 0.25) is 10.0 Å². The Morgan fingerprint density at radius 2 is 1.93 bits per heavy atom. The van der Waals surface area contributed by atoms with E-state index in [-0.39, 0.29) is 10.7 Å². The maximum absolute atomic E-state index is 12.0. The highest BCUT2D eigenvalue weighted by Gasteiger charge is 2.18. The number of aryl methyl sites for hydroxylation is 1. The number of benzene rings is 2. The maximum Gasteiger partial charge on any atom is 0.280 e. The lowest BCUT2D eigenvalue weighted by Crippen LogP contribution is -2.17. The summed E-state index contributed by atoms with van der Waals surface area (Å²) < 4.78 is 5.58. The highest BCUT2D eigenvalue weighted by Crippen LogP contribution is 2.31. The number of rotatable bonds is 5. The largest absolute Gasteiger partial charge is 0.455 e. The molecule has 0 fully saturated rings. The number of carbonyl (C=O) groups excluding carboxylic acids is 1. The van der Waals surface area contributed by atoms with Crippen LogP contribution in [0.5, 0.6) is 0 Å². The lowest BCUT2D eigenvalue weighted by Gasteiger charge is -2.01. The lowest BCUT2D eigenvalue weighted by molar-refractivity contribution is -0.384. The van der Waals surface area contributed by atoms with Gasteiger partial charge in [-0.05, 0) is 48.9 Å². The highest BCUT2D eigenvalue weighted by atomic mass is 35.5. The zero-order valence-electron chi connectivity index (χ0n) is 14.5. The van der Waals surface area contributed by atoms with Gasteiger partial charge in [0.2, 0.25) is 0 Å². The van der Waals surface area contributed by atoms with E-state index in [9.17, 15) is 14.9 Å². The molecule has 0 radical (unpaired) electrons. The number of carbonyl (C=O) groups is 1. The zero-order chi connectivity index (χ0) is 20.3. The van der Waals surface area contributed by atoms with Gasteiger partial charge in [0.1, 0.15) is 11.5 Å². The minimum Gasteiger partial charge on any atom is -0.455 e. The summed E-state index contributed by atoms with van der Waals surface area (Å²) in [6.07, 6.45) is 1.29. The van der Waals surface area contributed by atoms with E-state index >= 15 is 0 Å². The van der Waals surface area contributed by atoms with Crippen molar-refractivity contribution < 1.29 is 14.1 Å². The van der Waals surface area contributed by atoms with Crippen molar-refractivity contribution >= 4 is 41.0 Å². The predicted molar refractivity (Wildman–Crippen MR) is 107 cm³/mol. The van der Waals surface area contributed by atoms with E-state index in [2.05, 4.69) is 10.5 Å². The number of amides is 1. The number of nitro benzene ring substituents is 1. The Hall–Kier alpha value is -3.16. The summed E-state index contributed by atoms with van der Waals surface area (Å²) in [7, 11) is 0. The van der Waals surface area contributed by atoms with Crippen LogP contribution >= 0.6 is 23.2 Å². The fourth-order valence-corrected chi connectivity index (χ4v) is 2.72. The van der Waals surface area contributed by atoms with Crippen LogP contribution in [0.25, 0.3) is 11.3 Å². The quantitative estimate of drug-likeness (QED) is 0.348. The predicted octanol–water partition coefficient (Wildman–Crippen LogP) is 5.23. The molecule has 2 aromatic carbocycles. The molecule has 0 aliphatic carbocycles. The van der Waals surface area contributed by atoms with Crippen molar-refractivity contribution in [1.29, 1.82) is 0 Å². The Morgan fingerprint density at radius 3 is 2.64 bits per heavy atom. The molecular weight excluding hydrogens is 405 g/mol. The van der Waals surface area contributed by atoms with Crippen LogP contribution in [0.15, 0.2) is 58.0 Å². The Bertz CT molecular complexity index is 1090. The van der Waals surface area contributed by atoms with Gasteiger partial charge in [0.15, 0.2) is 0 Å². The molecule has 142 valence electrons. The molecule has 0 spiro atoms. The van der Waals surface area contributed by atoms with E-state index in [1.54, 1.807) is 31.2 Å². The number of hydrogen-bond acceptors (Lipinski definition) is 5. The summed E-state index contributed by atoms with van der Waals surface area (Å²) in [5, 5.41) is 15.7. The average Bonchev–Trinajstić information content (AvgIpc) is 3.12. The molecule has 0 aliphatic rings. The third-order valence-corrected chi connectivity index (χ3v) is 4.52. The molecule has 3 aromatic rings. The first-order chi connectivity index (χ1) is 13.3. The summed E-state index contributed by atoms with van der Waals surface area (Å²) in [5.41, 5.74) is 3.71. The van der Waals surface area contributed by atoms with Gasteiger partial charge in [0.25, 0.3) is 11.6 Å². The lowest BCUT2D eigenvalue weighted by atomic mass is 10.1. The Kier molecular flexibility index (Phi) is 5.77. The first-order valence-electron chi connectivity index (χ1n) is 7.99. The number of halogens is 2. The van der Waals surface area contributed by atoms with Gasteiger partial charge in [0, 0.05) is 11.6 Å². The molecule has 9 heteroatoms. The fourth-order valence-electron chi connectivity index (χ4n) is 2.42. The summed E-state index contributed by atoms with van der Waals surface area (Å²) in [6.45, 7) is 1.77. The van der Waals surface area contributed by atoms with Crippen LogP contribution in [0, 0.1) is 17.0 Å². The van der Waals surface area contributed by atoms with E-state index in [4.69, 9.17) is 27.6 Å². The number of nitrogens with one attached hydrogen (secondary N) is 1. The van der Waals surface area contributed by atoms with E-state index in [1.165, 1.54) is 30.5 Å². The molecule has 0 atom stereocenters. The molecule has 1 N–H and O–H groups in total. The van der Waals surface area contributed by atoms with Crippen molar-refractivity contribution in [2.45, 2.75) is 6.92 Å². The van der Waals surface area contributed by atoms with E-state index in [1.807, 2.05) is 0 Å². The van der Waals surface area contributed by atoms with Gasteiger partial charge in [-0.3, -0.25) is 14.9 Å². The molecule has 1 aromatic heterocycles. The Morgan fingerprint density at radius 1 is 1.14 bits per heavy atom. The molecule has 0 saturated carbocycles. The number of hydrazone groups is 1. The second kappa shape index (κ2) is 8.24. The van der Waals surface area contributed by atoms with Crippen LogP contribution in [0.1, 0.15) is 21.7 Å². The molecule has 0 bridgehead atoms. The van der Waals surface area contributed by atoms with Gasteiger partial charge < -0.3 is 4.42 Å². The first kappa shape index (κ1) is 19.6. The summed E-state index contributed by atoms with van der Waals surface area (Å²) in [6, 6.07) is 12.5. The topological polar surface area (TPSA) is 97.7 Å². The van der Waals surface area contributed by atoms with Gasteiger partial charge in [0.05, 0.1) is 26.7 Å². The van der Waals surface area contributed by atoms with Crippen LogP contribution in [-0.2, 0) is 0 Å². The molecule has 28 heavy (non-hydrogen) atoms. The van der Waals surface area contributed by atoms with Crippen LogP contribution in [0.3, 0.4) is 0 Å². The molecule has 0 saturated heterocycles. The summed E-state index contributed by atoms with van der Waals surface area (Å²) >= 11 is 11.7. The van der Waals surface area contributed by atoms with Gasteiger partial charge in [-0.1, -0.05) is 29.3 Å².